The van der Waals surface area contributed by atoms with Crippen LogP contribution in [-0.4, -0.2) is 37.7 Å². The highest BCUT2D eigenvalue weighted by atomic mass is 16.5. The van der Waals surface area contributed by atoms with Crippen LogP contribution in [0.5, 0.6) is 5.75 Å². The molecule has 8 heteroatoms. The third kappa shape index (κ3) is 4.31. The van der Waals surface area contributed by atoms with Crippen LogP contribution in [0.2, 0.25) is 0 Å². The van der Waals surface area contributed by atoms with E-state index in [1.807, 2.05) is 54.6 Å². The Hall–Kier alpha value is -4.59. The fraction of sp³-hybridized carbons (Fsp3) is 0.207. The first-order valence-electron chi connectivity index (χ1n) is 12.4. The summed E-state index contributed by atoms with van der Waals surface area (Å²) in [5, 5.41) is 8.24. The number of nitrogens with zero attached hydrogens (tertiary/aromatic N) is 5. The average Bonchev–Trinajstić information content (AvgIpc) is 3.35. The largest absolute Gasteiger partial charge is 0.497 e. The summed E-state index contributed by atoms with van der Waals surface area (Å²) in [6.07, 6.45) is 9.96. The van der Waals surface area contributed by atoms with E-state index in [1.165, 1.54) is 24.6 Å². The number of methoxy groups -OCH3 is 1. The minimum absolute atomic E-state index is 0.192. The number of allylic oxidation sites excluding steroid dienone is 4. The van der Waals surface area contributed by atoms with E-state index >= 15 is 0 Å². The molecule has 1 aliphatic heterocycles. The van der Waals surface area contributed by atoms with Crippen LogP contribution in [0.4, 0.5) is 5.95 Å². The van der Waals surface area contributed by atoms with E-state index in [2.05, 4.69) is 26.3 Å². The zero-order chi connectivity index (χ0) is 25.2. The summed E-state index contributed by atoms with van der Waals surface area (Å²) in [5.74, 6) is 0.915. The molecule has 2 aliphatic rings. The molecule has 2 aromatic carbocycles. The van der Waals surface area contributed by atoms with Crippen molar-refractivity contribution in [1.29, 1.82) is 0 Å². The molecule has 0 spiro atoms. The van der Waals surface area contributed by atoms with Crippen molar-refractivity contribution < 1.29 is 9.53 Å². The molecule has 1 N–H and O–H groups in total. The van der Waals surface area contributed by atoms with Gasteiger partial charge in [0.1, 0.15) is 24.1 Å². The summed E-state index contributed by atoms with van der Waals surface area (Å²) < 4.78 is 6.92. The Bertz CT molecular complexity index is 1510. The van der Waals surface area contributed by atoms with Crippen molar-refractivity contribution in [2.75, 3.05) is 12.4 Å². The third-order valence-electron chi connectivity index (χ3n) is 6.83. The van der Waals surface area contributed by atoms with E-state index in [-0.39, 0.29) is 5.91 Å². The standard InChI is InChI=1S/C29H26N6O2/c1-37-22-14-12-20(13-15-22)25-23(33-29-31-17-30-18-32-29)16-24-26(19-8-4-2-5-9-19)27(34-35(24)28(25)36)21-10-6-3-7-11-21/h3,6-8,10-15,17-18H,2,4-5,9,16H2,1H3,(H,30,31,32,33). The Morgan fingerprint density at radius 1 is 0.946 bits per heavy atom. The molecule has 0 fully saturated rings. The van der Waals surface area contributed by atoms with Crippen LogP contribution in [0.15, 0.2) is 79.0 Å². The quantitative estimate of drug-likeness (QED) is 0.386. The van der Waals surface area contributed by atoms with E-state index in [9.17, 15) is 4.79 Å². The van der Waals surface area contributed by atoms with Crippen LogP contribution in [0.25, 0.3) is 22.4 Å². The van der Waals surface area contributed by atoms with Crippen molar-refractivity contribution in [3.8, 4) is 17.0 Å². The molecule has 1 aliphatic carbocycles. The molecule has 8 nitrogen and oxygen atoms in total. The minimum Gasteiger partial charge on any atom is -0.497 e. The first-order chi connectivity index (χ1) is 18.2. The normalized spacial score (nSPS) is 15.3. The number of fused-ring (bicyclic) bond motifs is 1. The van der Waals surface area contributed by atoms with Gasteiger partial charge in [0.15, 0.2) is 0 Å². The second-order valence-electron chi connectivity index (χ2n) is 9.07. The predicted octanol–water partition coefficient (Wildman–Crippen LogP) is 5.42. The summed E-state index contributed by atoms with van der Waals surface area (Å²) in [7, 11) is 1.62. The maximum atomic E-state index is 14.2. The van der Waals surface area contributed by atoms with Gasteiger partial charge in [0.2, 0.25) is 5.95 Å². The fourth-order valence-corrected chi connectivity index (χ4v) is 5.08. The zero-order valence-electron chi connectivity index (χ0n) is 20.5. The van der Waals surface area contributed by atoms with Gasteiger partial charge in [-0.05, 0) is 49.0 Å². The highest BCUT2D eigenvalue weighted by Crippen LogP contribution is 2.40. The van der Waals surface area contributed by atoms with Gasteiger partial charge in [-0.25, -0.2) is 15.0 Å². The second-order valence-corrected chi connectivity index (χ2v) is 9.07. The molecule has 184 valence electrons. The van der Waals surface area contributed by atoms with Gasteiger partial charge in [0, 0.05) is 23.2 Å². The molecule has 6 rings (SSSR count). The molecular formula is C29H26N6O2. The Morgan fingerprint density at radius 2 is 1.73 bits per heavy atom. The van der Waals surface area contributed by atoms with Crippen molar-refractivity contribution in [3.63, 3.8) is 0 Å². The van der Waals surface area contributed by atoms with E-state index < -0.39 is 0 Å². The molecular weight excluding hydrogens is 464 g/mol. The Morgan fingerprint density at radius 3 is 2.43 bits per heavy atom. The van der Waals surface area contributed by atoms with Gasteiger partial charge in [0.25, 0.3) is 5.91 Å². The molecule has 4 aromatic rings. The topological polar surface area (TPSA) is 94.8 Å². The summed E-state index contributed by atoms with van der Waals surface area (Å²) in [6.45, 7) is 0. The van der Waals surface area contributed by atoms with Gasteiger partial charge < -0.3 is 10.1 Å². The maximum absolute atomic E-state index is 14.2. The molecule has 37 heavy (non-hydrogen) atoms. The highest BCUT2D eigenvalue weighted by molar-refractivity contribution is 6.23. The number of anilines is 1. The molecule has 0 saturated carbocycles. The van der Waals surface area contributed by atoms with E-state index in [4.69, 9.17) is 9.84 Å². The lowest BCUT2D eigenvalue weighted by atomic mass is 9.88. The molecule has 3 heterocycles. The number of hydrogen-bond acceptors (Lipinski definition) is 7. The van der Waals surface area contributed by atoms with Crippen molar-refractivity contribution in [2.45, 2.75) is 32.1 Å². The summed E-state index contributed by atoms with van der Waals surface area (Å²) in [6, 6.07) is 17.6. The smallest absolute Gasteiger partial charge is 0.280 e. The number of nitrogens with one attached hydrogen (secondary N) is 1. The number of aromatic nitrogens is 5. The maximum Gasteiger partial charge on any atom is 0.280 e. The second kappa shape index (κ2) is 9.81. The molecule has 0 radical (unpaired) electrons. The number of rotatable bonds is 6. The molecule has 2 aromatic heterocycles. The van der Waals surface area contributed by atoms with E-state index in [1.54, 1.807) is 11.8 Å². The summed E-state index contributed by atoms with van der Waals surface area (Å²) in [5.41, 5.74) is 7.06. The Balaban J connectivity index is 1.53. The van der Waals surface area contributed by atoms with Gasteiger partial charge in [-0.3, -0.25) is 4.79 Å². The molecule has 0 bridgehead atoms. The van der Waals surface area contributed by atoms with Crippen molar-refractivity contribution in [1.82, 2.24) is 24.7 Å². The molecule has 0 amide bonds. The van der Waals surface area contributed by atoms with Crippen LogP contribution >= 0.6 is 0 Å². The van der Waals surface area contributed by atoms with Crippen LogP contribution < -0.4 is 10.1 Å². The van der Waals surface area contributed by atoms with Crippen molar-refractivity contribution >= 4 is 23.0 Å². The monoisotopic (exact) mass is 490 g/mol. The van der Waals surface area contributed by atoms with Crippen LogP contribution in [0.1, 0.15) is 47.3 Å². The number of benzene rings is 2. The van der Waals surface area contributed by atoms with Gasteiger partial charge in [-0.2, -0.15) is 9.78 Å². The van der Waals surface area contributed by atoms with Gasteiger partial charge in [-0.15, -0.1) is 0 Å². The number of hydrogen-bond donors (Lipinski definition) is 1. The highest BCUT2D eigenvalue weighted by Gasteiger charge is 2.34. The Kier molecular flexibility index (Phi) is 6.06. The zero-order valence-corrected chi connectivity index (χ0v) is 20.5. The lowest BCUT2D eigenvalue weighted by molar-refractivity contribution is 0.0958. The SMILES string of the molecule is COc1ccc(C2=C(Nc3ncncn3)Cc3c(C4=CCCCC4)c(-c4ccccc4)nn3C2=O)cc1. The van der Waals surface area contributed by atoms with Crippen LogP contribution in [-0.2, 0) is 6.42 Å². The van der Waals surface area contributed by atoms with E-state index in [0.717, 1.165) is 58.8 Å². The van der Waals surface area contributed by atoms with Gasteiger partial charge >= 0.3 is 0 Å². The van der Waals surface area contributed by atoms with Crippen LogP contribution in [0.3, 0.4) is 0 Å². The van der Waals surface area contributed by atoms with Crippen molar-refractivity contribution in [3.05, 3.63) is 95.8 Å². The Labute approximate surface area is 214 Å². The first kappa shape index (κ1) is 22.8. The first-order valence-corrected chi connectivity index (χ1v) is 12.4. The molecule has 0 unspecified atom stereocenters. The molecule has 0 atom stereocenters. The van der Waals surface area contributed by atoms with Crippen LogP contribution in [0, 0.1) is 0 Å². The lowest BCUT2D eigenvalue weighted by Gasteiger charge is -2.23. The summed E-state index contributed by atoms with van der Waals surface area (Å²) >= 11 is 0. The minimum atomic E-state index is -0.192. The fourth-order valence-electron chi connectivity index (χ4n) is 5.08. The van der Waals surface area contributed by atoms with E-state index in [0.29, 0.717) is 17.9 Å². The lowest BCUT2D eigenvalue weighted by Crippen LogP contribution is -2.27. The number of carbonyl (C=O) groups excluding carboxylic acids is 1. The molecule has 0 saturated heterocycles. The average molecular weight is 491 g/mol. The van der Waals surface area contributed by atoms with Gasteiger partial charge in [0.05, 0.1) is 18.4 Å². The summed E-state index contributed by atoms with van der Waals surface area (Å²) in [4.78, 5) is 26.6. The number of carbonyl (C=O) groups is 1. The predicted molar refractivity (Wildman–Crippen MR) is 142 cm³/mol. The van der Waals surface area contributed by atoms with Gasteiger partial charge in [-0.1, -0.05) is 48.5 Å². The van der Waals surface area contributed by atoms with Crippen molar-refractivity contribution in [2.24, 2.45) is 0 Å². The third-order valence-corrected chi connectivity index (χ3v) is 6.83. The number of ether oxygens (including phenoxy) is 1.